The molecule has 23 heavy (non-hydrogen) atoms. The number of hydrogen-bond acceptors (Lipinski definition) is 3. The quantitative estimate of drug-likeness (QED) is 0.865. The second-order valence-corrected chi connectivity index (χ2v) is 7.48. The minimum atomic E-state index is -3.71. The Kier molecular flexibility index (Phi) is 5.75. The summed E-state index contributed by atoms with van der Waals surface area (Å²) < 4.78 is 40.1. The fourth-order valence-electron chi connectivity index (χ4n) is 2.20. The van der Waals surface area contributed by atoms with Crippen LogP contribution in [0.2, 0.25) is 5.02 Å². The maximum Gasteiger partial charge on any atom is 0.240 e. The normalized spacial score (nSPS) is 13.3. The van der Waals surface area contributed by atoms with Crippen molar-refractivity contribution in [1.82, 2.24) is 9.62 Å². The Morgan fingerprint density at radius 3 is 2.30 bits per heavy atom. The first-order valence-corrected chi connectivity index (χ1v) is 8.83. The van der Waals surface area contributed by atoms with Crippen LogP contribution in [0.5, 0.6) is 0 Å². The van der Waals surface area contributed by atoms with Gasteiger partial charge in [0.05, 0.1) is 4.90 Å². The van der Waals surface area contributed by atoms with Gasteiger partial charge in [0.1, 0.15) is 5.82 Å². The van der Waals surface area contributed by atoms with Crippen LogP contribution in [0.15, 0.2) is 53.4 Å². The first kappa shape index (κ1) is 17.9. The Morgan fingerprint density at radius 1 is 1.13 bits per heavy atom. The van der Waals surface area contributed by atoms with Gasteiger partial charge < -0.3 is 4.90 Å². The van der Waals surface area contributed by atoms with E-state index >= 15 is 0 Å². The van der Waals surface area contributed by atoms with E-state index < -0.39 is 15.8 Å². The van der Waals surface area contributed by atoms with Crippen LogP contribution in [-0.2, 0) is 10.0 Å². The van der Waals surface area contributed by atoms with E-state index in [1.807, 2.05) is 37.2 Å². The van der Waals surface area contributed by atoms with Gasteiger partial charge in [0.2, 0.25) is 10.0 Å². The van der Waals surface area contributed by atoms with Gasteiger partial charge in [-0.3, -0.25) is 0 Å². The van der Waals surface area contributed by atoms with E-state index in [-0.39, 0.29) is 17.5 Å². The number of likely N-dealkylation sites (N-methyl/N-ethyl adjacent to an activating group) is 1. The Hall–Kier alpha value is -1.47. The Morgan fingerprint density at radius 2 is 1.74 bits per heavy atom. The van der Waals surface area contributed by atoms with E-state index in [9.17, 15) is 12.8 Å². The van der Waals surface area contributed by atoms with Crippen LogP contribution in [0.25, 0.3) is 0 Å². The summed E-state index contributed by atoms with van der Waals surface area (Å²) in [5, 5.41) is 0.576. The molecule has 0 aliphatic heterocycles. The van der Waals surface area contributed by atoms with Crippen LogP contribution in [0.4, 0.5) is 4.39 Å². The van der Waals surface area contributed by atoms with Crippen LogP contribution in [0.3, 0.4) is 0 Å². The smallest absolute Gasteiger partial charge is 0.240 e. The second-order valence-electron chi connectivity index (χ2n) is 5.31. The molecule has 0 aromatic heterocycles. The van der Waals surface area contributed by atoms with Crippen molar-refractivity contribution < 1.29 is 12.8 Å². The van der Waals surface area contributed by atoms with Gasteiger partial charge in [0, 0.05) is 17.6 Å². The van der Waals surface area contributed by atoms with Crippen LogP contribution >= 0.6 is 11.6 Å². The van der Waals surface area contributed by atoms with Gasteiger partial charge >= 0.3 is 0 Å². The molecule has 0 heterocycles. The summed E-state index contributed by atoms with van der Waals surface area (Å²) in [4.78, 5) is 1.91. The molecule has 0 aliphatic carbocycles. The van der Waals surface area contributed by atoms with Gasteiger partial charge in [-0.25, -0.2) is 17.5 Å². The molecular weight excluding hydrogens is 339 g/mol. The molecule has 4 nitrogen and oxygen atoms in total. The zero-order chi connectivity index (χ0) is 17.0. The molecule has 1 N–H and O–H groups in total. The zero-order valence-corrected chi connectivity index (χ0v) is 14.4. The number of halogens is 2. The topological polar surface area (TPSA) is 49.4 Å². The van der Waals surface area contributed by atoms with Crippen molar-refractivity contribution in [3.8, 4) is 0 Å². The SMILES string of the molecule is CN(C)C(CNS(=O)(=O)c1ccc(F)cc1)c1ccccc1Cl. The monoisotopic (exact) mass is 356 g/mol. The number of nitrogens with one attached hydrogen (secondary N) is 1. The molecule has 0 aliphatic rings. The highest BCUT2D eigenvalue weighted by molar-refractivity contribution is 7.89. The van der Waals surface area contributed by atoms with Crippen molar-refractivity contribution in [2.24, 2.45) is 0 Å². The third-order valence-electron chi connectivity index (χ3n) is 3.48. The maximum atomic E-state index is 12.9. The first-order valence-electron chi connectivity index (χ1n) is 6.97. The summed E-state index contributed by atoms with van der Waals surface area (Å²) in [5.41, 5.74) is 0.834. The molecule has 0 saturated heterocycles. The van der Waals surface area contributed by atoms with Crippen molar-refractivity contribution in [2.45, 2.75) is 10.9 Å². The molecule has 0 spiro atoms. The lowest BCUT2D eigenvalue weighted by Gasteiger charge is -2.26. The van der Waals surface area contributed by atoms with E-state index in [4.69, 9.17) is 11.6 Å². The predicted octanol–water partition coefficient (Wildman–Crippen LogP) is 3.06. The number of rotatable bonds is 6. The summed E-state index contributed by atoms with van der Waals surface area (Å²) in [6.45, 7) is 0.149. The molecule has 2 aromatic carbocycles. The van der Waals surface area contributed by atoms with Crippen molar-refractivity contribution >= 4 is 21.6 Å². The van der Waals surface area contributed by atoms with Gasteiger partial charge in [-0.1, -0.05) is 29.8 Å². The number of nitrogens with zero attached hydrogens (tertiary/aromatic N) is 1. The third kappa shape index (κ3) is 4.51. The van der Waals surface area contributed by atoms with Crippen molar-refractivity contribution in [3.05, 3.63) is 64.9 Å². The maximum absolute atomic E-state index is 12.9. The Bertz CT molecular complexity index is 764. The fraction of sp³-hybridized carbons (Fsp3) is 0.250. The zero-order valence-electron chi connectivity index (χ0n) is 12.8. The molecule has 0 amide bonds. The Labute approximate surface area is 140 Å². The van der Waals surface area contributed by atoms with E-state index in [0.29, 0.717) is 5.02 Å². The lowest BCUT2D eigenvalue weighted by Crippen LogP contribution is -2.34. The summed E-state index contributed by atoms with van der Waals surface area (Å²) in [6.07, 6.45) is 0. The molecule has 1 unspecified atom stereocenters. The molecular formula is C16H18ClFN2O2S. The Balaban J connectivity index is 2.19. The molecule has 0 saturated carbocycles. The van der Waals surface area contributed by atoms with Gasteiger partial charge in [0.25, 0.3) is 0 Å². The van der Waals surface area contributed by atoms with E-state index in [1.54, 1.807) is 6.07 Å². The first-order chi connectivity index (χ1) is 10.8. The second kappa shape index (κ2) is 7.40. The average molecular weight is 357 g/mol. The summed E-state index contributed by atoms with van der Waals surface area (Å²) >= 11 is 6.20. The predicted molar refractivity (Wildman–Crippen MR) is 89.5 cm³/mol. The van der Waals surface area contributed by atoms with E-state index in [1.165, 1.54) is 12.1 Å². The highest BCUT2D eigenvalue weighted by Gasteiger charge is 2.21. The fourth-order valence-corrected chi connectivity index (χ4v) is 3.50. The van der Waals surface area contributed by atoms with E-state index in [0.717, 1.165) is 17.7 Å². The van der Waals surface area contributed by atoms with Gasteiger partial charge in [0.15, 0.2) is 0 Å². The highest BCUT2D eigenvalue weighted by Crippen LogP contribution is 2.25. The molecule has 2 rings (SSSR count). The number of sulfonamides is 1. The summed E-state index contributed by atoms with van der Waals surface area (Å²) in [7, 11) is -0.0181. The summed E-state index contributed by atoms with van der Waals surface area (Å²) in [5.74, 6) is -0.480. The van der Waals surface area contributed by atoms with Crippen molar-refractivity contribution in [2.75, 3.05) is 20.6 Å². The van der Waals surface area contributed by atoms with Crippen molar-refractivity contribution in [1.29, 1.82) is 0 Å². The minimum absolute atomic E-state index is 0.0237. The van der Waals surface area contributed by atoms with Crippen LogP contribution < -0.4 is 4.72 Å². The van der Waals surface area contributed by atoms with Gasteiger partial charge in [-0.2, -0.15) is 0 Å². The lowest BCUT2D eigenvalue weighted by molar-refractivity contribution is 0.299. The molecule has 7 heteroatoms. The van der Waals surface area contributed by atoms with Gasteiger partial charge in [-0.15, -0.1) is 0 Å². The average Bonchev–Trinajstić information content (AvgIpc) is 2.49. The molecule has 124 valence electrons. The lowest BCUT2D eigenvalue weighted by atomic mass is 10.1. The standard InChI is InChI=1S/C16H18ClFN2O2S/c1-20(2)16(14-5-3-4-6-15(14)17)11-19-23(21,22)13-9-7-12(18)8-10-13/h3-10,16,19H,11H2,1-2H3. The molecule has 0 bridgehead atoms. The minimum Gasteiger partial charge on any atom is -0.301 e. The molecule has 0 radical (unpaired) electrons. The van der Waals surface area contributed by atoms with Gasteiger partial charge in [-0.05, 0) is 50.0 Å². The highest BCUT2D eigenvalue weighted by atomic mass is 35.5. The molecule has 2 aromatic rings. The number of hydrogen-bond donors (Lipinski definition) is 1. The number of benzene rings is 2. The third-order valence-corrected chi connectivity index (χ3v) is 5.26. The largest absolute Gasteiger partial charge is 0.301 e. The van der Waals surface area contributed by atoms with Crippen molar-refractivity contribution in [3.63, 3.8) is 0 Å². The molecule has 0 fully saturated rings. The van der Waals surface area contributed by atoms with Crippen LogP contribution in [-0.4, -0.2) is 34.0 Å². The van der Waals surface area contributed by atoms with Crippen LogP contribution in [0.1, 0.15) is 11.6 Å². The van der Waals surface area contributed by atoms with E-state index in [2.05, 4.69) is 4.72 Å². The molecule has 1 atom stereocenters. The van der Waals surface area contributed by atoms with Crippen LogP contribution in [0, 0.1) is 5.82 Å². The summed E-state index contributed by atoms with van der Waals surface area (Å²) in [6, 6.07) is 11.8.